The first-order valence-electron chi connectivity index (χ1n) is 6.74. The number of hydrogen-bond acceptors (Lipinski definition) is 3. The standard InChI is InChI=1S/C13H19NO3S/c15-11(10-6-8-1-2-9(10)5-8)14-13(12(16)17)3-4-18-7-13/h8-10H,1-7H2,(H,14,15)(H,16,17). The van der Waals surface area contributed by atoms with Gasteiger partial charge in [0.15, 0.2) is 0 Å². The predicted molar refractivity (Wildman–Crippen MR) is 69.4 cm³/mol. The molecule has 4 nitrogen and oxygen atoms in total. The summed E-state index contributed by atoms with van der Waals surface area (Å²) < 4.78 is 0. The Bertz CT molecular complexity index is 378. The molecule has 0 aromatic rings. The Morgan fingerprint density at radius 3 is 2.61 bits per heavy atom. The number of thioether (sulfide) groups is 1. The van der Waals surface area contributed by atoms with E-state index < -0.39 is 11.5 Å². The van der Waals surface area contributed by atoms with Gasteiger partial charge in [0.2, 0.25) is 5.91 Å². The summed E-state index contributed by atoms with van der Waals surface area (Å²) >= 11 is 1.61. The lowest BCUT2D eigenvalue weighted by Crippen LogP contribution is -2.56. The minimum absolute atomic E-state index is 0.00731. The van der Waals surface area contributed by atoms with E-state index in [4.69, 9.17) is 0 Å². The van der Waals surface area contributed by atoms with Crippen LogP contribution in [0.2, 0.25) is 0 Å². The number of carboxylic acid groups (broad SMARTS) is 1. The highest BCUT2D eigenvalue weighted by Crippen LogP contribution is 2.48. The summed E-state index contributed by atoms with van der Waals surface area (Å²) in [6.45, 7) is 0. The fraction of sp³-hybridized carbons (Fsp3) is 0.846. The first-order chi connectivity index (χ1) is 8.61. The lowest BCUT2D eigenvalue weighted by Gasteiger charge is -2.29. The van der Waals surface area contributed by atoms with Gasteiger partial charge >= 0.3 is 5.97 Å². The van der Waals surface area contributed by atoms with E-state index in [1.54, 1.807) is 11.8 Å². The molecule has 0 radical (unpaired) electrons. The van der Waals surface area contributed by atoms with E-state index in [1.165, 1.54) is 12.8 Å². The van der Waals surface area contributed by atoms with Gasteiger partial charge in [-0.05, 0) is 43.3 Å². The van der Waals surface area contributed by atoms with Crippen LogP contribution in [0.15, 0.2) is 0 Å². The summed E-state index contributed by atoms with van der Waals surface area (Å²) in [5.41, 5.74) is -0.996. The summed E-state index contributed by atoms with van der Waals surface area (Å²) in [5, 5.41) is 12.2. The van der Waals surface area contributed by atoms with Gasteiger partial charge in [0.25, 0.3) is 0 Å². The molecule has 4 atom stereocenters. The van der Waals surface area contributed by atoms with Crippen LogP contribution in [0.4, 0.5) is 0 Å². The fourth-order valence-electron chi connectivity index (χ4n) is 3.78. The number of fused-ring (bicyclic) bond motifs is 2. The van der Waals surface area contributed by atoms with E-state index in [9.17, 15) is 14.7 Å². The van der Waals surface area contributed by atoms with E-state index >= 15 is 0 Å². The van der Waals surface area contributed by atoms with Crippen molar-refractivity contribution in [3.63, 3.8) is 0 Å². The van der Waals surface area contributed by atoms with Crippen molar-refractivity contribution in [3.8, 4) is 0 Å². The number of hydrogen-bond donors (Lipinski definition) is 2. The zero-order valence-corrected chi connectivity index (χ0v) is 11.2. The average molecular weight is 269 g/mol. The van der Waals surface area contributed by atoms with E-state index in [-0.39, 0.29) is 11.8 Å². The maximum absolute atomic E-state index is 12.3. The lowest BCUT2D eigenvalue weighted by atomic mass is 9.87. The molecule has 3 rings (SSSR count). The number of nitrogens with one attached hydrogen (secondary N) is 1. The fourth-order valence-corrected chi connectivity index (χ4v) is 5.11. The van der Waals surface area contributed by atoms with Gasteiger partial charge in [-0.3, -0.25) is 4.79 Å². The van der Waals surface area contributed by atoms with E-state index in [0.717, 1.165) is 18.6 Å². The summed E-state index contributed by atoms with van der Waals surface area (Å²) in [6.07, 6.45) is 5.11. The van der Waals surface area contributed by atoms with Crippen LogP contribution >= 0.6 is 11.8 Å². The zero-order valence-electron chi connectivity index (χ0n) is 10.4. The molecule has 2 N–H and O–H groups in total. The number of amides is 1. The Morgan fingerprint density at radius 1 is 1.28 bits per heavy atom. The Kier molecular flexibility index (Phi) is 3.04. The normalized spacial score (nSPS) is 42.1. The molecule has 0 spiro atoms. The Hall–Kier alpha value is -0.710. The summed E-state index contributed by atoms with van der Waals surface area (Å²) in [5.74, 6) is 1.75. The molecule has 3 aliphatic rings. The van der Waals surface area contributed by atoms with Gasteiger partial charge in [-0.25, -0.2) is 4.79 Å². The van der Waals surface area contributed by atoms with Crippen LogP contribution < -0.4 is 5.32 Å². The van der Waals surface area contributed by atoms with E-state index in [0.29, 0.717) is 24.0 Å². The Balaban J connectivity index is 1.68. The first-order valence-corrected chi connectivity index (χ1v) is 7.89. The maximum atomic E-state index is 12.3. The minimum atomic E-state index is -0.996. The molecular weight excluding hydrogens is 250 g/mol. The third kappa shape index (κ3) is 1.92. The van der Waals surface area contributed by atoms with Crippen molar-refractivity contribution in [2.45, 2.75) is 37.6 Å². The molecule has 0 aromatic carbocycles. The second kappa shape index (κ2) is 4.44. The molecule has 3 fully saturated rings. The number of carbonyl (C=O) groups is 2. The monoisotopic (exact) mass is 269 g/mol. The largest absolute Gasteiger partial charge is 0.479 e. The van der Waals surface area contributed by atoms with Gasteiger partial charge in [-0.15, -0.1) is 0 Å². The number of rotatable bonds is 3. The van der Waals surface area contributed by atoms with Crippen molar-refractivity contribution in [2.75, 3.05) is 11.5 Å². The van der Waals surface area contributed by atoms with Gasteiger partial charge in [0.05, 0.1) is 0 Å². The number of aliphatic carboxylic acids is 1. The van der Waals surface area contributed by atoms with Crippen molar-refractivity contribution >= 4 is 23.6 Å². The third-order valence-electron chi connectivity index (χ3n) is 4.87. The van der Waals surface area contributed by atoms with Crippen LogP contribution in [0.1, 0.15) is 32.1 Å². The van der Waals surface area contributed by atoms with Gasteiger partial charge in [-0.2, -0.15) is 11.8 Å². The summed E-state index contributed by atoms with van der Waals surface area (Å²) in [4.78, 5) is 23.7. The van der Waals surface area contributed by atoms with E-state index in [1.807, 2.05) is 0 Å². The van der Waals surface area contributed by atoms with Gasteiger partial charge < -0.3 is 10.4 Å². The molecule has 2 saturated carbocycles. The van der Waals surface area contributed by atoms with Gasteiger partial charge in [-0.1, -0.05) is 6.42 Å². The van der Waals surface area contributed by atoms with Crippen LogP contribution in [0.3, 0.4) is 0 Å². The van der Waals surface area contributed by atoms with Crippen molar-refractivity contribution < 1.29 is 14.7 Å². The highest BCUT2D eigenvalue weighted by molar-refractivity contribution is 7.99. The number of carboxylic acids is 1. The SMILES string of the molecule is O=C(NC1(C(=O)O)CCSC1)C1CC2CCC1C2. The van der Waals surface area contributed by atoms with Gasteiger partial charge in [0, 0.05) is 11.7 Å². The molecular formula is C13H19NO3S. The van der Waals surface area contributed by atoms with Crippen LogP contribution in [-0.4, -0.2) is 34.0 Å². The van der Waals surface area contributed by atoms with Crippen molar-refractivity contribution in [2.24, 2.45) is 17.8 Å². The Labute approximate surface area is 111 Å². The van der Waals surface area contributed by atoms with Crippen LogP contribution in [0, 0.1) is 17.8 Å². The van der Waals surface area contributed by atoms with Crippen LogP contribution in [0.5, 0.6) is 0 Å². The maximum Gasteiger partial charge on any atom is 0.330 e. The summed E-state index contributed by atoms with van der Waals surface area (Å²) in [7, 11) is 0. The zero-order chi connectivity index (χ0) is 12.8. The average Bonchev–Trinajstić information content (AvgIpc) is 3.04. The molecule has 100 valence electrons. The molecule has 1 saturated heterocycles. The second-order valence-electron chi connectivity index (χ2n) is 5.96. The van der Waals surface area contributed by atoms with Gasteiger partial charge in [0.1, 0.15) is 5.54 Å². The predicted octanol–water partition coefficient (Wildman–Crippen LogP) is 1.50. The van der Waals surface area contributed by atoms with Crippen LogP contribution in [0.25, 0.3) is 0 Å². The highest BCUT2D eigenvalue weighted by atomic mass is 32.2. The van der Waals surface area contributed by atoms with E-state index in [2.05, 4.69) is 5.32 Å². The second-order valence-corrected chi connectivity index (χ2v) is 7.07. The van der Waals surface area contributed by atoms with Crippen molar-refractivity contribution in [3.05, 3.63) is 0 Å². The number of carbonyl (C=O) groups excluding carboxylic acids is 1. The Morgan fingerprint density at radius 2 is 2.11 bits per heavy atom. The molecule has 1 heterocycles. The van der Waals surface area contributed by atoms with Crippen molar-refractivity contribution in [1.29, 1.82) is 0 Å². The molecule has 18 heavy (non-hydrogen) atoms. The molecule has 2 aliphatic carbocycles. The van der Waals surface area contributed by atoms with Crippen molar-refractivity contribution in [1.82, 2.24) is 5.32 Å². The quantitative estimate of drug-likeness (QED) is 0.815. The highest BCUT2D eigenvalue weighted by Gasteiger charge is 2.48. The molecule has 0 aromatic heterocycles. The molecule has 5 heteroatoms. The first kappa shape index (κ1) is 12.3. The topological polar surface area (TPSA) is 66.4 Å². The third-order valence-corrected chi connectivity index (χ3v) is 6.06. The smallest absolute Gasteiger partial charge is 0.330 e. The summed E-state index contributed by atoms with van der Waals surface area (Å²) in [6, 6.07) is 0. The van der Waals surface area contributed by atoms with Crippen LogP contribution in [-0.2, 0) is 9.59 Å². The lowest BCUT2D eigenvalue weighted by molar-refractivity contribution is -0.147. The molecule has 2 bridgehead atoms. The minimum Gasteiger partial charge on any atom is -0.479 e. The molecule has 1 aliphatic heterocycles. The molecule has 4 unspecified atom stereocenters. The molecule has 1 amide bonds.